The SMILES string of the molecule is CC(C)Nc1cc(-c2ccccc2)nc(Nc2ccc(N(C)C)cc2)n1. The van der Waals surface area contributed by atoms with Gasteiger partial charge >= 0.3 is 0 Å². The summed E-state index contributed by atoms with van der Waals surface area (Å²) in [6.45, 7) is 4.19. The first kappa shape index (κ1) is 17.7. The minimum Gasteiger partial charge on any atom is -0.378 e. The van der Waals surface area contributed by atoms with E-state index in [0.717, 1.165) is 28.5 Å². The predicted molar refractivity (Wildman–Crippen MR) is 110 cm³/mol. The summed E-state index contributed by atoms with van der Waals surface area (Å²) < 4.78 is 0. The van der Waals surface area contributed by atoms with E-state index >= 15 is 0 Å². The quantitative estimate of drug-likeness (QED) is 0.672. The average Bonchev–Trinajstić information content (AvgIpc) is 2.62. The van der Waals surface area contributed by atoms with Gasteiger partial charge in [0.05, 0.1) is 5.69 Å². The standard InChI is InChI=1S/C21H25N5/c1-15(2)22-20-14-19(16-8-6-5-7-9-16)24-21(25-20)23-17-10-12-18(13-11-17)26(3)4/h5-15H,1-4H3,(H2,22,23,24,25). The molecular weight excluding hydrogens is 322 g/mol. The lowest BCUT2D eigenvalue weighted by molar-refractivity contribution is 0.887. The number of aromatic nitrogens is 2. The zero-order chi connectivity index (χ0) is 18.5. The Kier molecular flexibility index (Phi) is 5.37. The van der Waals surface area contributed by atoms with Gasteiger partial charge in [-0.25, -0.2) is 4.98 Å². The average molecular weight is 347 g/mol. The topological polar surface area (TPSA) is 53.1 Å². The maximum Gasteiger partial charge on any atom is 0.229 e. The Morgan fingerprint density at radius 2 is 1.58 bits per heavy atom. The Morgan fingerprint density at radius 1 is 0.885 bits per heavy atom. The van der Waals surface area contributed by atoms with Crippen molar-refractivity contribution in [3.05, 3.63) is 60.7 Å². The van der Waals surface area contributed by atoms with Crippen molar-refractivity contribution in [3.8, 4) is 11.3 Å². The number of hydrogen-bond acceptors (Lipinski definition) is 5. The van der Waals surface area contributed by atoms with Crippen LogP contribution in [0.15, 0.2) is 60.7 Å². The molecule has 0 radical (unpaired) electrons. The molecule has 26 heavy (non-hydrogen) atoms. The summed E-state index contributed by atoms with van der Waals surface area (Å²) in [5.41, 5.74) is 4.05. The molecule has 0 fully saturated rings. The van der Waals surface area contributed by atoms with Crippen LogP contribution in [0.5, 0.6) is 0 Å². The number of nitrogens with one attached hydrogen (secondary N) is 2. The van der Waals surface area contributed by atoms with Gasteiger partial charge < -0.3 is 15.5 Å². The van der Waals surface area contributed by atoms with Crippen LogP contribution in [0, 0.1) is 0 Å². The van der Waals surface area contributed by atoms with Crippen LogP contribution < -0.4 is 15.5 Å². The monoisotopic (exact) mass is 347 g/mol. The number of hydrogen-bond donors (Lipinski definition) is 2. The van der Waals surface area contributed by atoms with Gasteiger partial charge in [0, 0.05) is 43.1 Å². The van der Waals surface area contributed by atoms with Crippen molar-refractivity contribution in [1.29, 1.82) is 0 Å². The van der Waals surface area contributed by atoms with Gasteiger partial charge in [0.25, 0.3) is 0 Å². The fourth-order valence-electron chi connectivity index (χ4n) is 2.60. The van der Waals surface area contributed by atoms with Crippen molar-refractivity contribution in [2.24, 2.45) is 0 Å². The lowest BCUT2D eigenvalue weighted by Crippen LogP contribution is -2.12. The maximum absolute atomic E-state index is 4.69. The number of nitrogens with zero attached hydrogens (tertiary/aromatic N) is 3. The van der Waals surface area contributed by atoms with E-state index in [1.165, 1.54) is 0 Å². The van der Waals surface area contributed by atoms with Crippen molar-refractivity contribution < 1.29 is 0 Å². The Bertz CT molecular complexity index is 842. The molecule has 0 saturated carbocycles. The van der Waals surface area contributed by atoms with E-state index in [0.29, 0.717) is 12.0 Å². The molecule has 1 aromatic heterocycles. The van der Waals surface area contributed by atoms with Crippen LogP contribution in [0.4, 0.5) is 23.1 Å². The number of benzene rings is 2. The van der Waals surface area contributed by atoms with Crippen molar-refractivity contribution in [2.45, 2.75) is 19.9 Å². The molecule has 0 aliphatic rings. The summed E-state index contributed by atoms with van der Waals surface area (Å²) in [4.78, 5) is 11.4. The summed E-state index contributed by atoms with van der Waals surface area (Å²) in [7, 11) is 4.05. The zero-order valence-electron chi connectivity index (χ0n) is 15.7. The van der Waals surface area contributed by atoms with E-state index in [9.17, 15) is 0 Å². The molecule has 0 bridgehead atoms. The summed E-state index contributed by atoms with van der Waals surface area (Å²) in [5, 5.41) is 6.68. The molecule has 1 heterocycles. The van der Waals surface area contributed by atoms with Crippen LogP contribution in [-0.2, 0) is 0 Å². The normalized spacial score (nSPS) is 10.7. The Morgan fingerprint density at radius 3 is 2.19 bits per heavy atom. The molecule has 3 rings (SSSR count). The van der Waals surface area contributed by atoms with Crippen LogP contribution in [-0.4, -0.2) is 30.1 Å². The number of rotatable bonds is 6. The second-order valence-electron chi connectivity index (χ2n) is 6.69. The Labute approximate surface area is 155 Å². The minimum atomic E-state index is 0.292. The zero-order valence-corrected chi connectivity index (χ0v) is 15.7. The van der Waals surface area contributed by atoms with Gasteiger partial charge in [-0.1, -0.05) is 30.3 Å². The molecule has 0 amide bonds. The Hall–Kier alpha value is -3.08. The Balaban J connectivity index is 1.92. The van der Waals surface area contributed by atoms with Gasteiger partial charge in [0.1, 0.15) is 5.82 Å². The third kappa shape index (κ3) is 4.51. The summed E-state index contributed by atoms with van der Waals surface area (Å²) in [5.74, 6) is 1.38. The molecule has 0 aliphatic heterocycles. The van der Waals surface area contributed by atoms with E-state index in [1.54, 1.807) is 0 Å². The van der Waals surface area contributed by atoms with E-state index in [-0.39, 0.29) is 0 Å². The van der Waals surface area contributed by atoms with E-state index in [1.807, 2.05) is 50.5 Å². The largest absolute Gasteiger partial charge is 0.378 e. The molecule has 3 aromatic rings. The van der Waals surface area contributed by atoms with Crippen LogP contribution in [0.3, 0.4) is 0 Å². The highest BCUT2D eigenvalue weighted by molar-refractivity contribution is 5.66. The van der Waals surface area contributed by atoms with Crippen molar-refractivity contribution >= 4 is 23.1 Å². The first-order valence-corrected chi connectivity index (χ1v) is 8.77. The summed E-state index contributed by atoms with van der Waals surface area (Å²) in [6, 6.07) is 20.6. The molecule has 5 nitrogen and oxygen atoms in total. The van der Waals surface area contributed by atoms with Gasteiger partial charge in [-0.2, -0.15) is 4.98 Å². The van der Waals surface area contributed by atoms with Gasteiger partial charge in [-0.05, 0) is 38.1 Å². The van der Waals surface area contributed by atoms with Crippen molar-refractivity contribution in [3.63, 3.8) is 0 Å². The molecule has 0 aliphatic carbocycles. The van der Waals surface area contributed by atoms with Gasteiger partial charge in [0.2, 0.25) is 5.95 Å². The van der Waals surface area contributed by atoms with Gasteiger partial charge in [-0.15, -0.1) is 0 Å². The molecule has 0 saturated heterocycles. The van der Waals surface area contributed by atoms with Gasteiger partial charge in [-0.3, -0.25) is 0 Å². The number of anilines is 4. The molecular formula is C21H25N5. The van der Waals surface area contributed by atoms with E-state index in [2.05, 4.69) is 58.6 Å². The van der Waals surface area contributed by atoms with Crippen LogP contribution >= 0.6 is 0 Å². The third-order valence-corrected chi connectivity index (χ3v) is 3.87. The second kappa shape index (κ2) is 7.87. The minimum absolute atomic E-state index is 0.292. The lowest BCUT2D eigenvalue weighted by atomic mass is 10.1. The fraction of sp³-hybridized carbons (Fsp3) is 0.238. The highest BCUT2D eigenvalue weighted by Gasteiger charge is 2.08. The maximum atomic E-state index is 4.69. The second-order valence-corrected chi connectivity index (χ2v) is 6.69. The molecule has 134 valence electrons. The van der Waals surface area contributed by atoms with E-state index in [4.69, 9.17) is 4.98 Å². The summed E-state index contributed by atoms with van der Waals surface area (Å²) in [6.07, 6.45) is 0. The molecule has 2 aromatic carbocycles. The molecule has 0 spiro atoms. The molecule has 5 heteroatoms. The smallest absolute Gasteiger partial charge is 0.229 e. The molecule has 0 atom stereocenters. The highest BCUT2D eigenvalue weighted by atomic mass is 15.1. The summed E-state index contributed by atoms with van der Waals surface area (Å²) >= 11 is 0. The third-order valence-electron chi connectivity index (χ3n) is 3.87. The van der Waals surface area contributed by atoms with Crippen LogP contribution in [0.1, 0.15) is 13.8 Å². The highest BCUT2D eigenvalue weighted by Crippen LogP contribution is 2.24. The van der Waals surface area contributed by atoms with Crippen LogP contribution in [0.25, 0.3) is 11.3 Å². The lowest BCUT2D eigenvalue weighted by Gasteiger charge is -2.15. The first-order chi connectivity index (χ1) is 12.5. The first-order valence-electron chi connectivity index (χ1n) is 8.77. The predicted octanol–water partition coefficient (Wildman–Crippen LogP) is 4.77. The molecule has 2 N–H and O–H groups in total. The molecule has 0 unspecified atom stereocenters. The van der Waals surface area contributed by atoms with Crippen LogP contribution in [0.2, 0.25) is 0 Å². The van der Waals surface area contributed by atoms with Gasteiger partial charge in [0.15, 0.2) is 0 Å². The van der Waals surface area contributed by atoms with E-state index < -0.39 is 0 Å². The van der Waals surface area contributed by atoms with Crippen molar-refractivity contribution in [2.75, 3.05) is 29.6 Å². The van der Waals surface area contributed by atoms with Crippen molar-refractivity contribution in [1.82, 2.24) is 9.97 Å². The fourth-order valence-corrected chi connectivity index (χ4v) is 2.60.